The smallest absolute Gasteiger partial charge is 0.0905 e. The first kappa shape index (κ1) is 12.3. The van der Waals surface area contributed by atoms with Crippen LogP contribution in [0.4, 0.5) is 0 Å². The van der Waals surface area contributed by atoms with E-state index in [-0.39, 0.29) is 6.04 Å². The zero-order valence-electron chi connectivity index (χ0n) is 10.9. The average molecular weight is 269 g/mol. The fraction of sp³-hybridized carbons (Fsp3) is 0.200. The number of pyridine rings is 1. The number of benzene rings is 1. The standard InChI is InChI=1S/C15H15N3S/c1-9(16)15-14(18-10(2)19-15)12-7-3-5-11-6-4-8-17-13(11)12/h3-9H,16H2,1-2H3. The van der Waals surface area contributed by atoms with Crippen LogP contribution in [0.3, 0.4) is 0 Å². The number of hydrogen-bond donors (Lipinski definition) is 1. The Bertz CT molecular complexity index is 726. The molecule has 0 bridgehead atoms. The fourth-order valence-corrected chi connectivity index (χ4v) is 3.13. The molecule has 0 radical (unpaired) electrons. The zero-order chi connectivity index (χ0) is 13.4. The summed E-state index contributed by atoms with van der Waals surface area (Å²) in [6.07, 6.45) is 1.82. The number of hydrogen-bond acceptors (Lipinski definition) is 4. The van der Waals surface area contributed by atoms with Crippen molar-refractivity contribution in [3.8, 4) is 11.3 Å². The number of para-hydroxylation sites is 1. The summed E-state index contributed by atoms with van der Waals surface area (Å²) in [5.74, 6) is 0. The van der Waals surface area contributed by atoms with Gasteiger partial charge in [-0.2, -0.15) is 0 Å². The van der Waals surface area contributed by atoms with Crippen molar-refractivity contribution >= 4 is 22.2 Å². The number of thiazole rings is 1. The Hall–Kier alpha value is -1.78. The molecule has 1 atom stereocenters. The molecule has 1 unspecified atom stereocenters. The monoisotopic (exact) mass is 269 g/mol. The first-order valence-electron chi connectivity index (χ1n) is 6.24. The highest BCUT2D eigenvalue weighted by Gasteiger charge is 2.16. The summed E-state index contributed by atoms with van der Waals surface area (Å²) in [5.41, 5.74) is 9.08. The van der Waals surface area contributed by atoms with Crippen LogP contribution in [0.5, 0.6) is 0 Å². The Morgan fingerprint density at radius 1 is 1.21 bits per heavy atom. The van der Waals surface area contributed by atoms with Crippen molar-refractivity contribution in [2.45, 2.75) is 19.9 Å². The maximum Gasteiger partial charge on any atom is 0.0905 e. The third-order valence-electron chi connectivity index (χ3n) is 3.06. The van der Waals surface area contributed by atoms with Gasteiger partial charge in [0.25, 0.3) is 0 Å². The van der Waals surface area contributed by atoms with Gasteiger partial charge in [-0.15, -0.1) is 11.3 Å². The van der Waals surface area contributed by atoms with Crippen LogP contribution in [0.15, 0.2) is 36.5 Å². The van der Waals surface area contributed by atoms with E-state index in [9.17, 15) is 0 Å². The summed E-state index contributed by atoms with van der Waals surface area (Å²) in [6, 6.07) is 10.2. The minimum absolute atomic E-state index is 0.0137. The number of fused-ring (bicyclic) bond motifs is 1. The van der Waals surface area contributed by atoms with Crippen molar-refractivity contribution in [2.75, 3.05) is 0 Å². The van der Waals surface area contributed by atoms with Gasteiger partial charge in [0.1, 0.15) is 0 Å². The lowest BCUT2D eigenvalue weighted by molar-refractivity contribution is 0.837. The van der Waals surface area contributed by atoms with Gasteiger partial charge in [0.2, 0.25) is 0 Å². The van der Waals surface area contributed by atoms with Gasteiger partial charge < -0.3 is 5.73 Å². The fourth-order valence-electron chi connectivity index (χ4n) is 2.24. The van der Waals surface area contributed by atoms with Gasteiger partial charge in [0, 0.05) is 28.1 Å². The summed E-state index contributed by atoms with van der Waals surface area (Å²) < 4.78 is 0. The molecule has 96 valence electrons. The predicted molar refractivity (Wildman–Crippen MR) is 80.2 cm³/mol. The van der Waals surface area contributed by atoms with Gasteiger partial charge in [-0.25, -0.2) is 4.98 Å². The first-order chi connectivity index (χ1) is 9.16. The summed E-state index contributed by atoms with van der Waals surface area (Å²) in [5, 5.41) is 2.16. The van der Waals surface area contributed by atoms with Crippen molar-refractivity contribution in [3.05, 3.63) is 46.4 Å². The van der Waals surface area contributed by atoms with Gasteiger partial charge in [-0.05, 0) is 19.9 Å². The van der Waals surface area contributed by atoms with Gasteiger partial charge in [-0.1, -0.05) is 24.3 Å². The molecule has 0 fully saturated rings. The van der Waals surface area contributed by atoms with E-state index in [1.165, 1.54) is 0 Å². The lowest BCUT2D eigenvalue weighted by Crippen LogP contribution is -2.04. The quantitative estimate of drug-likeness (QED) is 0.772. The molecule has 0 spiro atoms. The molecule has 2 aromatic heterocycles. The molecule has 2 N–H and O–H groups in total. The van der Waals surface area contributed by atoms with Crippen molar-refractivity contribution in [3.63, 3.8) is 0 Å². The molecule has 19 heavy (non-hydrogen) atoms. The Balaban J connectivity index is 2.30. The molecule has 0 aliphatic heterocycles. The number of rotatable bonds is 2. The first-order valence-corrected chi connectivity index (χ1v) is 7.05. The SMILES string of the molecule is Cc1nc(-c2cccc3cccnc23)c(C(C)N)s1. The molecule has 0 aliphatic carbocycles. The van der Waals surface area contributed by atoms with Crippen LogP contribution in [0, 0.1) is 6.92 Å². The second-order valence-corrected chi connectivity index (χ2v) is 5.85. The highest BCUT2D eigenvalue weighted by atomic mass is 32.1. The van der Waals surface area contributed by atoms with E-state index in [2.05, 4.69) is 28.2 Å². The van der Waals surface area contributed by atoms with Crippen LogP contribution in [0.1, 0.15) is 22.9 Å². The molecule has 3 nitrogen and oxygen atoms in total. The molecule has 0 saturated carbocycles. The van der Waals surface area contributed by atoms with Crippen molar-refractivity contribution in [1.29, 1.82) is 0 Å². The zero-order valence-corrected chi connectivity index (χ0v) is 11.7. The average Bonchev–Trinajstić information content (AvgIpc) is 2.80. The highest BCUT2D eigenvalue weighted by Crippen LogP contribution is 2.34. The Morgan fingerprint density at radius 3 is 2.79 bits per heavy atom. The lowest BCUT2D eigenvalue weighted by Gasteiger charge is -2.07. The molecule has 0 saturated heterocycles. The number of nitrogens with two attached hydrogens (primary N) is 1. The Kier molecular flexibility index (Phi) is 3.05. The summed E-state index contributed by atoms with van der Waals surface area (Å²) in [4.78, 5) is 10.3. The van der Waals surface area contributed by atoms with Gasteiger partial charge in [-0.3, -0.25) is 4.98 Å². The largest absolute Gasteiger partial charge is 0.323 e. The molecule has 0 amide bonds. The van der Waals surface area contributed by atoms with E-state index in [1.807, 2.05) is 32.2 Å². The van der Waals surface area contributed by atoms with Crippen LogP contribution in [0.2, 0.25) is 0 Å². The molecule has 1 aromatic carbocycles. The maximum atomic E-state index is 6.06. The second-order valence-electron chi connectivity index (χ2n) is 4.62. The third kappa shape index (κ3) is 2.13. The lowest BCUT2D eigenvalue weighted by atomic mass is 10.0. The van der Waals surface area contributed by atoms with E-state index in [0.29, 0.717) is 0 Å². The molecular weight excluding hydrogens is 254 g/mol. The molecule has 4 heteroatoms. The van der Waals surface area contributed by atoms with E-state index < -0.39 is 0 Å². The molecule has 2 heterocycles. The summed E-state index contributed by atoms with van der Waals surface area (Å²) >= 11 is 1.66. The second kappa shape index (κ2) is 4.72. The van der Waals surface area contributed by atoms with E-state index in [1.54, 1.807) is 11.3 Å². The van der Waals surface area contributed by atoms with E-state index in [0.717, 1.165) is 32.0 Å². The van der Waals surface area contributed by atoms with Crippen LogP contribution in [-0.4, -0.2) is 9.97 Å². The third-order valence-corrected chi connectivity index (χ3v) is 4.23. The number of nitrogens with zero attached hydrogens (tertiary/aromatic N) is 2. The molecule has 3 aromatic rings. The van der Waals surface area contributed by atoms with Crippen LogP contribution < -0.4 is 5.73 Å². The maximum absolute atomic E-state index is 6.06. The number of aromatic nitrogens is 2. The molecule has 0 aliphatic rings. The van der Waals surface area contributed by atoms with Gasteiger partial charge in [0.05, 0.1) is 16.2 Å². The predicted octanol–water partition coefficient (Wildman–Crippen LogP) is 3.69. The van der Waals surface area contributed by atoms with E-state index >= 15 is 0 Å². The van der Waals surface area contributed by atoms with Crippen LogP contribution >= 0.6 is 11.3 Å². The van der Waals surface area contributed by atoms with Gasteiger partial charge in [0.15, 0.2) is 0 Å². The Labute approximate surface area is 116 Å². The van der Waals surface area contributed by atoms with Gasteiger partial charge >= 0.3 is 0 Å². The van der Waals surface area contributed by atoms with E-state index in [4.69, 9.17) is 5.73 Å². The molecule has 3 rings (SSSR count). The molecular formula is C15H15N3S. The highest BCUT2D eigenvalue weighted by molar-refractivity contribution is 7.12. The topological polar surface area (TPSA) is 51.8 Å². The van der Waals surface area contributed by atoms with Crippen molar-refractivity contribution in [1.82, 2.24) is 9.97 Å². The van der Waals surface area contributed by atoms with Crippen LogP contribution in [0.25, 0.3) is 22.2 Å². The Morgan fingerprint density at radius 2 is 2.00 bits per heavy atom. The van der Waals surface area contributed by atoms with Crippen molar-refractivity contribution in [2.24, 2.45) is 5.73 Å². The summed E-state index contributed by atoms with van der Waals surface area (Å²) in [6.45, 7) is 4.01. The number of aryl methyl sites for hydroxylation is 1. The van der Waals surface area contributed by atoms with Crippen molar-refractivity contribution < 1.29 is 0 Å². The summed E-state index contributed by atoms with van der Waals surface area (Å²) in [7, 11) is 0. The minimum Gasteiger partial charge on any atom is -0.323 e. The normalized spacial score (nSPS) is 12.8. The van der Waals surface area contributed by atoms with Crippen LogP contribution in [-0.2, 0) is 0 Å². The minimum atomic E-state index is -0.0137.